The molecule has 2 fully saturated rings. The van der Waals surface area contributed by atoms with Crippen LogP contribution in [0.3, 0.4) is 0 Å². The Kier molecular flexibility index (Phi) is 3.28. The molecule has 4 nitrogen and oxygen atoms in total. The number of rotatable bonds is 1. The summed E-state index contributed by atoms with van der Waals surface area (Å²) in [5.41, 5.74) is 9.78. The van der Waals surface area contributed by atoms with Crippen molar-refractivity contribution in [1.82, 2.24) is 16.0 Å². The second kappa shape index (κ2) is 5.23. The summed E-state index contributed by atoms with van der Waals surface area (Å²) in [7, 11) is 0. The average Bonchev–Trinajstić information content (AvgIpc) is 3.22. The molecular weight excluding hydrogens is 310 g/mol. The molecule has 5 aliphatic rings. The fraction of sp³-hybridized carbons (Fsp3) is 0.667. The van der Waals surface area contributed by atoms with Gasteiger partial charge >= 0.3 is 0 Å². The van der Waals surface area contributed by atoms with E-state index in [1.165, 1.54) is 37.0 Å². The van der Waals surface area contributed by atoms with Gasteiger partial charge in [-0.05, 0) is 67.8 Å². The molecule has 0 saturated heterocycles. The predicted octanol–water partition coefficient (Wildman–Crippen LogP) is 3.81. The lowest BCUT2D eigenvalue weighted by Crippen LogP contribution is -2.51. The number of hydrogen-bond donors (Lipinski definition) is 2. The number of nitrogens with one attached hydrogen (secondary N) is 2. The molecular formula is C21H29N3O. The largest absolute Gasteiger partial charge is 0.309 e. The first kappa shape index (κ1) is 15.7. The second-order valence-electron chi connectivity index (χ2n) is 9.19. The summed E-state index contributed by atoms with van der Waals surface area (Å²) in [5, 5.41) is 2.18. The van der Waals surface area contributed by atoms with E-state index >= 15 is 0 Å². The van der Waals surface area contributed by atoms with Crippen molar-refractivity contribution in [2.75, 3.05) is 0 Å². The van der Waals surface area contributed by atoms with E-state index in [0.717, 1.165) is 37.0 Å². The molecule has 0 aromatic heterocycles. The van der Waals surface area contributed by atoms with E-state index in [1.807, 2.05) is 12.3 Å². The molecule has 4 heteroatoms. The Bertz CT molecular complexity index is 708. The summed E-state index contributed by atoms with van der Waals surface area (Å²) < 4.78 is 0. The Labute approximate surface area is 150 Å². The van der Waals surface area contributed by atoms with Crippen molar-refractivity contribution in [2.45, 2.75) is 58.8 Å². The minimum absolute atomic E-state index is 0.270. The van der Waals surface area contributed by atoms with Crippen molar-refractivity contribution >= 4 is 5.78 Å². The van der Waals surface area contributed by atoms with Crippen LogP contribution in [0.2, 0.25) is 0 Å². The molecule has 0 radical (unpaired) electrons. The lowest BCUT2D eigenvalue weighted by molar-refractivity contribution is -0.117. The van der Waals surface area contributed by atoms with Gasteiger partial charge in [-0.25, -0.2) is 0 Å². The van der Waals surface area contributed by atoms with Crippen LogP contribution < -0.4 is 11.0 Å². The molecule has 0 amide bonds. The van der Waals surface area contributed by atoms with Crippen molar-refractivity contribution in [3.63, 3.8) is 0 Å². The highest BCUT2D eigenvalue weighted by Gasteiger charge is 2.57. The second-order valence-corrected chi connectivity index (χ2v) is 9.19. The van der Waals surface area contributed by atoms with Gasteiger partial charge < -0.3 is 5.43 Å². The van der Waals surface area contributed by atoms with Crippen LogP contribution in [0.15, 0.2) is 35.8 Å². The van der Waals surface area contributed by atoms with Crippen molar-refractivity contribution in [1.29, 1.82) is 0 Å². The molecule has 2 saturated carbocycles. The van der Waals surface area contributed by atoms with Crippen molar-refractivity contribution in [2.24, 2.45) is 28.6 Å². The van der Waals surface area contributed by atoms with Crippen LogP contribution >= 0.6 is 0 Å². The van der Waals surface area contributed by atoms with E-state index in [2.05, 4.69) is 42.1 Å². The van der Waals surface area contributed by atoms with Gasteiger partial charge in [0.1, 0.15) is 0 Å². The number of hydrogen-bond acceptors (Lipinski definition) is 4. The Balaban J connectivity index is 1.45. The van der Waals surface area contributed by atoms with E-state index in [0.29, 0.717) is 5.78 Å². The van der Waals surface area contributed by atoms with Gasteiger partial charge in [0, 0.05) is 29.9 Å². The SMILES string of the molecule is CC12CCC(=O)C=C1CCC1C2CCC2(C)C(N3C=CNN3)=CCC12. The molecule has 0 spiro atoms. The van der Waals surface area contributed by atoms with E-state index in [1.54, 1.807) is 0 Å². The summed E-state index contributed by atoms with van der Waals surface area (Å²) in [6, 6.07) is 0. The first-order valence-electron chi connectivity index (χ1n) is 9.94. The molecule has 25 heavy (non-hydrogen) atoms. The molecule has 0 aromatic carbocycles. The Hall–Kier alpha value is -1.55. The minimum atomic E-state index is 0.270. The van der Waals surface area contributed by atoms with Crippen molar-refractivity contribution in [3.8, 4) is 0 Å². The van der Waals surface area contributed by atoms with E-state index in [4.69, 9.17) is 0 Å². The highest BCUT2D eigenvalue weighted by Crippen LogP contribution is 2.65. The standard InChI is InChI=1S/C21H29N3O/c1-20-9-7-15(25)13-14(20)3-4-16-17-5-6-19(24-12-11-22-23-24)21(17,2)10-8-18(16)20/h6,11-13,16-18,22-23H,3-5,7-10H2,1-2H3. The number of carbonyl (C=O) groups is 1. The van der Waals surface area contributed by atoms with Crippen LogP contribution in [0.25, 0.3) is 0 Å². The number of hydrazine groups is 2. The number of carbonyl (C=O) groups excluding carboxylic acids is 1. The quantitative estimate of drug-likeness (QED) is 0.762. The maximum atomic E-state index is 11.9. The van der Waals surface area contributed by atoms with E-state index in [-0.39, 0.29) is 10.8 Å². The van der Waals surface area contributed by atoms with Gasteiger partial charge in [-0.2, -0.15) is 0 Å². The third-order valence-electron chi connectivity index (χ3n) is 8.25. The lowest BCUT2D eigenvalue weighted by atomic mass is 9.47. The molecule has 1 heterocycles. The normalized spacial score (nSPS) is 45.3. The van der Waals surface area contributed by atoms with Crippen LogP contribution in [0, 0.1) is 28.6 Å². The smallest absolute Gasteiger partial charge is 0.155 e. The first-order valence-corrected chi connectivity index (χ1v) is 9.94. The van der Waals surface area contributed by atoms with Gasteiger partial charge in [0.25, 0.3) is 0 Å². The molecule has 1 aliphatic heterocycles. The number of allylic oxidation sites excluding steroid dienone is 4. The highest BCUT2D eigenvalue weighted by molar-refractivity contribution is 5.91. The maximum Gasteiger partial charge on any atom is 0.155 e. The monoisotopic (exact) mass is 339 g/mol. The predicted molar refractivity (Wildman–Crippen MR) is 97.4 cm³/mol. The Morgan fingerprint density at radius 2 is 2.00 bits per heavy atom. The summed E-state index contributed by atoms with van der Waals surface area (Å²) in [5.74, 6) is 2.65. The van der Waals surface area contributed by atoms with Crippen molar-refractivity contribution in [3.05, 3.63) is 35.8 Å². The number of fused-ring (bicyclic) bond motifs is 5. The van der Waals surface area contributed by atoms with Crippen LogP contribution in [0.5, 0.6) is 0 Å². The van der Waals surface area contributed by atoms with E-state index < -0.39 is 0 Å². The fourth-order valence-electron chi connectivity index (χ4n) is 6.87. The van der Waals surface area contributed by atoms with Gasteiger partial charge in [-0.15, -0.1) is 5.53 Å². The summed E-state index contributed by atoms with van der Waals surface area (Å²) in [4.78, 5) is 11.9. The molecule has 5 rings (SSSR count). The van der Waals surface area contributed by atoms with Crippen LogP contribution in [-0.4, -0.2) is 10.8 Å². The third-order valence-corrected chi connectivity index (χ3v) is 8.25. The molecule has 0 bridgehead atoms. The lowest BCUT2D eigenvalue weighted by Gasteiger charge is -2.58. The van der Waals surface area contributed by atoms with E-state index in [9.17, 15) is 4.79 Å². The summed E-state index contributed by atoms with van der Waals surface area (Å²) in [6.45, 7) is 4.95. The fourth-order valence-corrected chi connectivity index (χ4v) is 6.87. The minimum Gasteiger partial charge on any atom is -0.309 e. The zero-order valence-corrected chi connectivity index (χ0v) is 15.3. The number of ketones is 1. The summed E-state index contributed by atoms with van der Waals surface area (Å²) in [6.07, 6.45) is 16.5. The average molecular weight is 339 g/mol. The molecule has 4 aliphatic carbocycles. The van der Waals surface area contributed by atoms with Gasteiger partial charge in [0.2, 0.25) is 0 Å². The molecule has 0 aromatic rings. The number of nitrogens with zero attached hydrogens (tertiary/aromatic N) is 1. The molecule has 134 valence electrons. The van der Waals surface area contributed by atoms with Crippen molar-refractivity contribution < 1.29 is 4.79 Å². The highest BCUT2D eigenvalue weighted by atomic mass is 16.1. The third kappa shape index (κ3) is 2.06. The molecule has 5 atom stereocenters. The van der Waals surface area contributed by atoms with Gasteiger partial charge in [0.05, 0.1) is 0 Å². The topological polar surface area (TPSA) is 44.4 Å². The van der Waals surface area contributed by atoms with Gasteiger partial charge in [-0.3, -0.25) is 9.80 Å². The first-order chi connectivity index (χ1) is 12.0. The Morgan fingerprint density at radius 1 is 1.12 bits per heavy atom. The van der Waals surface area contributed by atoms with Crippen LogP contribution in [0.4, 0.5) is 0 Å². The zero-order chi connectivity index (χ0) is 17.2. The maximum absolute atomic E-state index is 11.9. The van der Waals surface area contributed by atoms with Gasteiger partial charge in [-0.1, -0.05) is 25.5 Å². The zero-order valence-electron chi connectivity index (χ0n) is 15.3. The van der Waals surface area contributed by atoms with Gasteiger partial charge in [0.15, 0.2) is 5.78 Å². The summed E-state index contributed by atoms with van der Waals surface area (Å²) >= 11 is 0. The van der Waals surface area contributed by atoms with Crippen LogP contribution in [0.1, 0.15) is 58.8 Å². The Morgan fingerprint density at radius 3 is 2.80 bits per heavy atom. The van der Waals surface area contributed by atoms with Crippen LogP contribution in [-0.2, 0) is 4.79 Å². The molecule has 2 N–H and O–H groups in total. The molecule has 5 unspecified atom stereocenters.